The number of hydrogen-bond donors (Lipinski definition) is 1. The summed E-state index contributed by atoms with van der Waals surface area (Å²) in [5, 5.41) is 2.98. The quantitative estimate of drug-likeness (QED) is 0.910. The predicted octanol–water partition coefficient (Wildman–Crippen LogP) is 3.52. The van der Waals surface area contributed by atoms with Gasteiger partial charge in [0.2, 0.25) is 0 Å². The highest BCUT2D eigenvalue weighted by molar-refractivity contribution is 6.28. The lowest BCUT2D eigenvalue weighted by atomic mass is 10.0. The monoisotopic (exact) mass is 257 g/mol. The van der Waals surface area contributed by atoms with E-state index >= 15 is 0 Å². The third-order valence-corrected chi connectivity index (χ3v) is 2.66. The molecule has 0 saturated heterocycles. The summed E-state index contributed by atoms with van der Waals surface area (Å²) in [4.78, 5) is 0. The maximum absolute atomic E-state index is 13.6. The Bertz CT molecular complexity index is 507. The van der Waals surface area contributed by atoms with E-state index in [9.17, 15) is 8.78 Å². The van der Waals surface area contributed by atoms with Gasteiger partial charge in [-0.2, -0.15) is 0 Å². The van der Waals surface area contributed by atoms with Crippen molar-refractivity contribution in [3.63, 3.8) is 0 Å². The first-order valence-electron chi connectivity index (χ1n) is 5.00. The average molecular weight is 258 g/mol. The Morgan fingerprint density at radius 2 is 1.82 bits per heavy atom. The Morgan fingerprint density at radius 1 is 1.18 bits per heavy atom. The van der Waals surface area contributed by atoms with Crippen LogP contribution in [0.25, 0.3) is 0 Å². The van der Waals surface area contributed by atoms with Crippen LogP contribution in [0.5, 0.6) is 0 Å². The van der Waals surface area contributed by atoms with Gasteiger partial charge in [0.15, 0.2) is 5.22 Å². The molecule has 0 radical (unpaired) electrons. The largest absolute Gasteiger partial charge is 0.448 e. The molecule has 2 nitrogen and oxygen atoms in total. The van der Waals surface area contributed by atoms with E-state index in [1.54, 1.807) is 13.1 Å². The summed E-state index contributed by atoms with van der Waals surface area (Å²) in [6.07, 6.45) is 0. The highest BCUT2D eigenvalue weighted by Crippen LogP contribution is 2.29. The molecule has 0 aliphatic rings. The van der Waals surface area contributed by atoms with E-state index in [0.717, 1.165) is 0 Å². The first kappa shape index (κ1) is 12.1. The zero-order valence-electron chi connectivity index (χ0n) is 9.01. The minimum Gasteiger partial charge on any atom is -0.448 e. The molecule has 1 heterocycles. The summed E-state index contributed by atoms with van der Waals surface area (Å²) >= 11 is 5.65. The third-order valence-electron chi connectivity index (χ3n) is 2.46. The summed E-state index contributed by atoms with van der Waals surface area (Å²) in [5.74, 6) is -0.893. The molecule has 1 aromatic carbocycles. The van der Waals surface area contributed by atoms with E-state index in [-0.39, 0.29) is 10.8 Å². The molecule has 1 unspecified atom stereocenters. The van der Waals surface area contributed by atoms with Crippen molar-refractivity contribution < 1.29 is 13.2 Å². The second-order valence-electron chi connectivity index (χ2n) is 3.50. The number of nitrogens with one attached hydrogen (secondary N) is 1. The smallest absolute Gasteiger partial charge is 0.193 e. The molecular weight excluding hydrogens is 248 g/mol. The number of furan rings is 1. The van der Waals surface area contributed by atoms with Crippen molar-refractivity contribution in [1.82, 2.24) is 5.32 Å². The van der Waals surface area contributed by atoms with E-state index in [4.69, 9.17) is 16.0 Å². The fourth-order valence-electron chi connectivity index (χ4n) is 1.70. The number of hydrogen-bond acceptors (Lipinski definition) is 2. The van der Waals surface area contributed by atoms with Crippen molar-refractivity contribution in [3.8, 4) is 0 Å². The topological polar surface area (TPSA) is 25.2 Å². The van der Waals surface area contributed by atoms with Crippen LogP contribution in [0, 0.1) is 11.6 Å². The van der Waals surface area contributed by atoms with Gasteiger partial charge in [-0.05, 0) is 42.9 Å². The van der Waals surface area contributed by atoms with Crippen LogP contribution in [0.4, 0.5) is 8.78 Å². The summed E-state index contributed by atoms with van der Waals surface area (Å²) < 4.78 is 32.4. The number of benzene rings is 1. The summed E-state index contributed by atoms with van der Waals surface area (Å²) in [6, 6.07) is 6.12. The first-order valence-corrected chi connectivity index (χ1v) is 5.37. The van der Waals surface area contributed by atoms with E-state index in [1.165, 1.54) is 24.3 Å². The molecule has 2 aromatic rings. The Hall–Kier alpha value is -1.39. The van der Waals surface area contributed by atoms with Crippen LogP contribution < -0.4 is 5.32 Å². The SMILES string of the molecule is CNC(c1ccc(Cl)o1)c1c(F)cccc1F. The van der Waals surface area contributed by atoms with Crippen LogP contribution in [0.1, 0.15) is 17.4 Å². The van der Waals surface area contributed by atoms with Gasteiger partial charge in [0, 0.05) is 5.56 Å². The van der Waals surface area contributed by atoms with Gasteiger partial charge < -0.3 is 9.73 Å². The fourth-order valence-corrected chi connectivity index (χ4v) is 1.85. The Morgan fingerprint density at radius 3 is 2.29 bits per heavy atom. The van der Waals surface area contributed by atoms with Gasteiger partial charge in [-0.15, -0.1) is 0 Å². The van der Waals surface area contributed by atoms with Crippen LogP contribution in [0.15, 0.2) is 34.7 Å². The zero-order valence-corrected chi connectivity index (χ0v) is 9.76. The van der Waals surface area contributed by atoms with Crippen LogP contribution >= 0.6 is 11.6 Å². The molecule has 0 aliphatic heterocycles. The lowest BCUT2D eigenvalue weighted by Crippen LogP contribution is -2.19. The molecule has 0 saturated carbocycles. The first-order chi connectivity index (χ1) is 8.13. The highest BCUT2D eigenvalue weighted by Gasteiger charge is 2.22. The van der Waals surface area contributed by atoms with Gasteiger partial charge in [-0.25, -0.2) is 8.78 Å². The predicted molar refractivity (Wildman–Crippen MR) is 61.0 cm³/mol. The van der Waals surface area contributed by atoms with Crippen molar-refractivity contribution >= 4 is 11.6 Å². The standard InChI is InChI=1S/C12H10ClF2NO/c1-16-12(9-5-6-10(13)17-9)11-7(14)3-2-4-8(11)15/h2-6,12,16H,1H3. The molecule has 0 bridgehead atoms. The van der Waals surface area contributed by atoms with E-state index < -0.39 is 17.7 Å². The minimum absolute atomic E-state index is 0.0824. The van der Waals surface area contributed by atoms with Gasteiger partial charge in [0.25, 0.3) is 0 Å². The molecule has 0 spiro atoms. The highest BCUT2D eigenvalue weighted by atomic mass is 35.5. The van der Waals surface area contributed by atoms with Crippen molar-refractivity contribution in [1.29, 1.82) is 0 Å². The average Bonchev–Trinajstić information content (AvgIpc) is 2.70. The third kappa shape index (κ3) is 2.33. The normalized spacial score (nSPS) is 12.7. The van der Waals surface area contributed by atoms with Crippen molar-refractivity contribution in [2.75, 3.05) is 7.05 Å². The molecule has 90 valence electrons. The van der Waals surface area contributed by atoms with Gasteiger partial charge in [0.1, 0.15) is 17.4 Å². The van der Waals surface area contributed by atoms with Gasteiger partial charge in [-0.1, -0.05) is 6.07 Å². The summed E-state index contributed by atoms with van der Waals surface area (Å²) in [7, 11) is 1.59. The molecule has 0 aliphatic carbocycles. The van der Waals surface area contributed by atoms with Crippen LogP contribution in [-0.4, -0.2) is 7.05 Å². The number of halogens is 3. The molecule has 1 N–H and O–H groups in total. The Balaban J connectivity index is 2.49. The van der Waals surface area contributed by atoms with Crippen molar-refractivity contribution in [2.24, 2.45) is 0 Å². The Labute approximate surface area is 102 Å². The molecule has 1 atom stereocenters. The van der Waals surface area contributed by atoms with Crippen LogP contribution in [-0.2, 0) is 0 Å². The summed E-state index contributed by atoms with van der Waals surface area (Å²) in [5.41, 5.74) is -0.0824. The van der Waals surface area contributed by atoms with E-state index in [2.05, 4.69) is 5.32 Å². The molecule has 2 rings (SSSR count). The Kier molecular flexibility index (Phi) is 3.45. The van der Waals surface area contributed by atoms with Crippen molar-refractivity contribution in [3.05, 3.63) is 58.5 Å². The van der Waals surface area contributed by atoms with Crippen LogP contribution in [0.3, 0.4) is 0 Å². The van der Waals surface area contributed by atoms with Gasteiger partial charge in [0.05, 0.1) is 6.04 Å². The molecular formula is C12H10ClF2NO. The lowest BCUT2D eigenvalue weighted by molar-refractivity contribution is 0.439. The second-order valence-corrected chi connectivity index (χ2v) is 3.87. The maximum Gasteiger partial charge on any atom is 0.193 e. The number of rotatable bonds is 3. The van der Waals surface area contributed by atoms with Crippen molar-refractivity contribution in [2.45, 2.75) is 6.04 Å². The zero-order chi connectivity index (χ0) is 12.4. The van der Waals surface area contributed by atoms with Gasteiger partial charge in [-0.3, -0.25) is 0 Å². The minimum atomic E-state index is -0.705. The van der Waals surface area contributed by atoms with Crippen LogP contribution in [0.2, 0.25) is 5.22 Å². The summed E-state index contributed by atoms with van der Waals surface area (Å²) in [6.45, 7) is 0. The molecule has 1 aromatic heterocycles. The second kappa shape index (κ2) is 4.85. The maximum atomic E-state index is 13.6. The van der Waals surface area contributed by atoms with E-state index in [1.807, 2.05) is 0 Å². The molecule has 0 amide bonds. The lowest BCUT2D eigenvalue weighted by Gasteiger charge is -2.15. The molecule has 17 heavy (non-hydrogen) atoms. The fraction of sp³-hybridized carbons (Fsp3) is 0.167. The molecule has 0 fully saturated rings. The van der Waals surface area contributed by atoms with Gasteiger partial charge >= 0.3 is 0 Å². The molecule has 5 heteroatoms. The van der Waals surface area contributed by atoms with E-state index in [0.29, 0.717) is 5.76 Å².